The van der Waals surface area contributed by atoms with E-state index in [1.54, 1.807) is 12.1 Å². The number of piperidine rings is 1. The number of pyridine rings is 1. The van der Waals surface area contributed by atoms with Crippen LogP contribution in [0.3, 0.4) is 0 Å². The lowest BCUT2D eigenvalue weighted by molar-refractivity contribution is 0.0516. The van der Waals surface area contributed by atoms with E-state index in [1.165, 1.54) is 11.1 Å². The average Bonchev–Trinajstić information content (AvgIpc) is 3.50. The number of aryl methyl sites for hydroxylation is 2. The number of aromatic nitrogens is 3. The van der Waals surface area contributed by atoms with E-state index < -0.39 is 17.6 Å². The first kappa shape index (κ1) is 28.9. The molecule has 43 heavy (non-hydrogen) atoms. The molecule has 1 saturated heterocycles. The Balaban J connectivity index is 1.23. The van der Waals surface area contributed by atoms with Crippen LogP contribution in [0.4, 0.5) is 5.69 Å². The molecule has 2 aliphatic heterocycles. The molecule has 2 aliphatic rings. The van der Waals surface area contributed by atoms with E-state index in [4.69, 9.17) is 16.3 Å². The number of anilines is 1. The van der Waals surface area contributed by atoms with Gasteiger partial charge in [0.15, 0.2) is 0 Å². The van der Waals surface area contributed by atoms with Crippen LogP contribution in [-0.4, -0.2) is 87.1 Å². The zero-order chi connectivity index (χ0) is 30.4. The lowest BCUT2D eigenvalue weighted by atomic mass is 10.0. The Hall–Kier alpha value is -4.19. The number of aliphatic hydroxyl groups excluding tert-OH is 1. The van der Waals surface area contributed by atoms with E-state index in [0.29, 0.717) is 29.8 Å². The van der Waals surface area contributed by atoms with Crippen molar-refractivity contribution in [1.82, 2.24) is 24.8 Å². The number of aromatic amines is 2. The maximum absolute atomic E-state index is 13.4. The fourth-order valence-electron chi connectivity index (χ4n) is 5.83. The molecule has 0 unspecified atom stereocenters. The van der Waals surface area contributed by atoms with E-state index in [-0.39, 0.29) is 58.2 Å². The summed E-state index contributed by atoms with van der Waals surface area (Å²) in [6, 6.07) is 8.89. The highest BCUT2D eigenvalue weighted by molar-refractivity contribution is 6.41. The van der Waals surface area contributed by atoms with Crippen molar-refractivity contribution in [1.29, 1.82) is 0 Å². The third-order valence-corrected chi connectivity index (χ3v) is 8.51. The maximum atomic E-state index is 13.4. The third-order valence-electron chi connectivity index (χ3n) is 8.14. The first-order valence-electron chi connectivity index (χ1n) is 14.2. The normalized spacial score (nSPS) is 16.6. The molecule has 0 bridgehead atoms. The van der Waals surface area contributed by atoms with E-state index in [1.807, 2.05) is 39.1 Å². The van der Waals surface area contributed by atoms with Crippen LogP contribution in [0, 0.1) is 13.8 Å². The molecular formula is C31H33ClN6O5. The molecule has 11 nitrogen and oxygen atoms in total. The first-order chi connectivity index (χ1) is 20.6. The SMILES string of the molecule is Cc1ccc(OC[C@H](O)CNc2cc[nH]c(=O)c2-c2nc3c(Cl)c4c(cc3[nH]2)C(=O)N(C2CCN(C)CC2)C4=O)c(C)c1. The van der Waals surface area contributed by atoms with Gasteiger partial charge in [-0.3, -0.25) is 19.3 Å². The van der Waals surface area contributed by atoms with Gasteiger partial charge in [-0.05, 0) is 70.6 Å². The number of H-pyrrole nitrogens is 2. The van der Waals surface area contributed by atoms with Crippen LogP contribution in [0.25, 0.3) is 22.4 Å². The average molecular weight is 605 g/mol. The van der Waals surface area contributed by atoms with E-state index in [2.05, 4.69) is 25.2 Å². The molecule has 0 radical (unpaired) electrons. The number of carbonyl (C=O) groups is 2. The number of hydrogen-bond acceptors (Lipinski definition) is 8. The number of fused-ring (bicyclic) bond motifs is 2. The smallest absolute Gasteiger partial charge is 0.263 e. The summed E-state index contributed by atoms with van der Waals surface area (Å²) in [5, 5.41) is 13.8. The van der Waals surface area contributed by atoms with Gasteiger partial charge in [0.1, 0.15) is 35.4 Å². The van der Waals surface area contributed by atoms with Gasteiger partial charge >= 0.3 is 0 Å². The van der Waals surface area contributed by atoms with Crippen LogP contribution in [0.5, 0.6) is 5.75 Å². The van der Waals surface area contributed by atoms with Crippen molar-refractivity contribution in [2.45, 2.75) is 38.8 Å². The third kappa shape index (κ3) is 5.39. The second-order valence-corrected chi connectivity index (χ2v) is 11.7. The molecule has 2 amide bonds. The van der Waals surface area contributed by atoms with Crippen molar-refractivity contribution in [3.05, 3.63) is 74.2 Å². The second-order valence-electron chi connectivity index (χ2n) is 11.3. The molecule has 2 aromatic heterocycles. The summed E-state index contributed by atoms with van der Waals surface area (Å²) >= 11 is 6.72. The van der Waals surface area contributed by atoms with Gasteiger partial charge in [-0.1, -0.05) is 29.3 Å². The number of amides is 2. The highest BCUT2D eigenvalue weighted by Gasteiger charge is 2.43. The van der Waals surface area contributed by atoms with Crippen molar-refractivity contribution < 1.29 is 19.4 Å². The number of imide groups is 1. The first-order valence-corrected chi connectivity index (χ1v) is 14.6. The van der Waals surface area contributed by atoms with Crippen molar-refractivity contribution in [2.75, 3.05) is 38.6 Å². The van der Waals surface area contributed by atoms with Crippen LogP contribution in [0.15, 0.2) is 41.3 Å². The van der Waals surface area contributed by atoms with Gasteiger partial charge in [0.2, 0.25) is 0 Å². The Bertz CT molecular complexity index is 1790. The van der Waals surface area contributed by atoms with Gasteiger partial charge in [0.05, 0.1) is 27.4 Å². The summed E-state index contributed by atoms with van der Waals surface area (Å²) in [5.74, 6) is 0.117. The fourth-order valence-corrected chi connectivity index (χ4v) is 6.16. The summed E-state index contributed by atoms with van der Waals surface area (Å²) in [7, 11) is 2.02. The molecular weight excluding hydrogens is 572 g/mol. The minimum atomic E-state index is -0.870. The maximum Gasteiger partial charge on any atom is 0.263 e. The van der Waals surface area contributed by atoms with E-state index in [9.17, 15) is 19.5 Å². The van der Waals surface area contributed by atoms with E-state index >= 15 is 0 Å². The lowest BCUT2D eigenvalue weighted by Crippen LogP contribution is -2.46. The van der Waals surface area contributed by atoms with Gasteiger partial charge < -0.3 is 30.0 Å². The quantitative estimate of drug-likeness (QED) is 0.223. The van der Waals surface area contributed by atoms with Crippen LogP contribution in [0.2, 0.25) is 5.02 Å². The highest BCUT2D eigenvalue weighted by Crippen LogP contribution is 2.38. The molecule has 4 N–H and O–H groups in total. The van der Waals surface area contributed by atoms with Crippen LogP contribution >= 0.6 is 11.6 Å². The minimum Gasteiger partial charge on any atom is -0.491 e. The second kappa shape index (κ2) is 11.5. The zero-order valence-electron chi connectivity index (χ0n) is 24.2. The largest absolute Gasteiger partial charge is 0.491 e. The molecule has 12 heteroatoms. The topological polar surface area (TPSA) is 144 Å². The van der Waals surface area contributed by atoms with Crippen molar-refractivity contribution in [3.8, 4) is 17.1 Å². The molecule has 0 spiro atoms. The number of nitrogens with one attached hydrogen (secondary N) is 3. The van der Waals surface area contributed by atoms with Crippen LogP contribution < -0.4 is 15.6 Å². The van der Waals surface area contributed by atoms with Gasteiger partial charge in [0, 0.05) is 18.8 Å². The number of likely N-dealkylation sites (tertiary alicyclic amines) is 1. The highest BCUT2D eigenvalue weighted by atomic mass is 35.5. The predicted octanol–water partition coefficient (Wildman–Crippen LogP) is 3.73. The molecule has 2 aromatic carbocycles. The molecule has 0 aliphatic carbocycles. The summed E-state index contributed by atoms with van der Waals surface area (Å²) in [6.45, 7) is 5.71. The Labute approximate surface area is 252 Å². The lowest BCUT2D eigenvalue weighted by Gasteiger charge is -2.33. The van der Waals surface area contributed by atoms with Crippen molar-refractivity contribution >= 4 is 40.1 Å². The summed E-state index contributed by atoms with van der Waals surface area (Å²) in [6.07, 6.45) is 2.04. The Morgan fingerprint density at radius 3 is 2.63 bits per heavy atom. The Morgan fingerprint density at radius 1 is 1.12 bits per heavy atom. The molecule has 4 aromatic rings. The number of ether oxygens (including phenoxy) is 1. The van der Waals surface area contributed by atoms with Crippen molar-refractivity contribution in [3.63, 3.8) is 0 Å². The van der Waals surface area contributed by atoms with Crippen LogP contribution in [-0.2, 0) is 0 Å². The number of hydrogen-bond donors (Lipinski definition) is 4. The van der Waals surface area contributed by atoms with Gasteiger partial charge in [-0.25, -0.2) is 4.98 Å². The monoisotopic (exact) mass is 604 g/mol. The summed E-state index contributed by atoms with van der Waals surface area (Å²) in [5.41, 5.74) is 3.39. The Kier molecular flexibility index (Phi) is 7.72. The Morgan fingerprint density at radius 2 is 1.88 bits per heavy atom. The summed E-state index contributed by atoms with van der Waals surface area (Å²) in [4.78, 5) is 53.7. The van der Waals surface area contributed by atoms with Gasteiger partial charge in [-0.2, -0.15) is 0 Å². The van der Waals surface area contributed by atoms with E-state index in [0.717, 1.165) is 24.2 Å². The van der Waals surface area contributed by atoms with Gasteiger partial charge in [0.25, 0.3) is 17.4 Å². The number of aliphatic hydroxyl groups is 1. The van der Waals surface area contributed by atoms with Gasteiger partial charge in [-0.15, -0.1) is 0 Å². The molecule has 1 atom stereocenters. The predicted molar refractivity (Wildman–Crippen MR) is 164 cm³/mol. The number of halogens is 1. The molecule has 6 rings (SSSR count). The zero-order valence-corrected chi connectivity index (χ0v) is 24.9. The number of imidazole rings is 1. The number of carbonyl (C=O) groups excluding carboxylic acids is 2. The molecule has 0 saturated carbocycles. The number of benzene rings is 2. The fraction of sp³-hybridized carbons (Fsp3) is 0.355. The van der Waals surface area contributed by atoms with Crippen molar-refractivity contribution in [2.24, 2.45) is 0 Å². The number of nitrogens with zero attached hydrogens (tertiary/aromatic N) is 3. The standard InChI is InChI=1S/C31H33ClN6O5/c1-16-4-5-23(17(2)12-16)43-15-19(39)14-34-21-6-9-33-29(40)25(21)28-35-22-13-20-24(26(32)27(22)36-28)31(42)38(30(20)41)18-7-10-37(3)11-8-18/h4-6,9,12-13,18-19,39H,7-8,10-11,14-15H2,1-3H3,(H,35,36)(H2,33,34,40)/t19-/m1/s1. The molecule has 4 heterocycles. The molecule has 1 fully saturated rings. The molecule has 224 valence electrons. The minimum absolute atomic E-state index is 0.0534. The number of rotatable bonds is 8. The van der Waals surface area contributed by atoms with Crippen LogP contribution in [0.1, 0.15) is 44.7 Å². The summed E-state index contributed by atoms with van der Waals surface area (Å²) < 4.78 is 5.79.